The Bertz CT molecular complexity index is 422. The molecule has 0 aromatic carbocycles. The van der Waals surface area contributed by atoms with Crippen LogP contribution in [0.5, 0.6) is 11.5 Å². The van der Waals surface area contributed by atoms with Gasteiger partial charge >= 0.3 is 0 Å². The van der Waals surface area contributed by atoms with E-state index in [0.717, 1.165) is 12.8 Å². The molecule has 0 unspecified atom stereocenters. The highest BCUT2D eigenvalue weighted by Gasteiger charge is 2.15. The Labute approximate surface area is 120 Å². The highest BCUT2D eigenvalue weighted by molar-refractivity contribution is 5.95. The molecule has 0 spiro atoms. The highest BCUT2D eigenvalue weighted by Crippen LogP contribution is 2.27. The molecule has 0 saturated carbocycles. The second kappa shape index (κ2) is 9.18. The Kier molecular flexibility index (Phi) is 7.47. The molecule has 0 fully saturated rings. The molecule has 20 heavy (non-hydrogen) atoms. The van der Waals surface area contributed by atoms with E-state index >= 15 is 0 Å². The maximum absolute atomic E-state index is 11.9. The summed E-state index contributed by atoms with van der Waals surface area (Å²) in [6.07, 6.45) is 8.46. The van der Waals surface area contributed by atoms with Gasteiger partial charge in [0, 0.05) is 18.8 Å². The van der Waals surface area contributed by atoms with Crippen molar-refractivity contribution in [1.29, 1.82) is 0 Å². The third-order valence-corrected chi connectivity index (χ3v) is 3.14. The number of aromatic nitrogens is 1. The summed E-state index contributed by atoms with van der Waals surface area (Å²) >= 11 is 0. The van der Waals surface area contributed by atoms with Crippen molar-refractivity contribution in [3.05, 3.63) is 18.0 Å². The van der Waals surface area contributed by atoms with Crippen LogP contribution in [0.25, 0.3) is 0 Å². The van der Waals surface area contributed by atoms with Crippen LogP contribution < -0.4 is 10.1 Å². The van der Waals surface area contributed by atoms with Crippen molar-refractivity contribution in [2.75, 3.05) is 13.7 Å². The van der Waals surface area contributed by atoms with Crippen molar-refractivity contribution in [3.63, 3.8) is 0 Å². The number of aromatic hydroxyl groups is 1. The predicted octanol–water partition coefficient (Wildman–Crippen LogP) is 2.89. The molecule has 0 saturated heterocycles. The number of hydrogen-bond donors (Lipinski definition) is 2. The molecule has 1 rings (SSSR count). The van der Waals surface area contributed by atoms with E-state index in [1.807, 2.05) is 0 Å². The Morgan fingerprint density at radius 3 is 2.70 bits per heavy atom. The second-order valence-corrected chi connectivity index (χ2v) is 4.73. The lowest BCUT2D eigenvalue weighted by Gasteiger charge is -2.08. The van der Waals surface area contributed by atoms with Crippen molar-refractivity contribution >= 4 is 5.91 Å². The standard InChI is InChI=1S/C15H24N2O3/c1-3-4-5-6-7-8-10-17-15(19)13-14(18)12(20-2)9-11-16-13/h9,11,18H,3-8,10H2,1-2H3,(H,17,19). The van der Waals surface area contributed by atoms with Gasteiger partial charge in [0.15, 0.2) is 17.2 Å². The van der Waals surface area contributed by atoms with Gasteiger partial charge in [-0.05, 0) is 6.42 Å². The number of pyridine rings is 1. The van der Waals surface area contributed by atoms with E-state index in [9.17, 15) is 9.90 Å². The van der Waals surface area contributed by atoms with Gasteiger partial charge < -0.3 is 15.2 Å². The van der Waals surface area contributed by atoms with E-state index in [1.165, 1.54) is 45.1 Å². The van der Waals surface area contributed by atoms with Crippen LogP contribution in [0.4, 0.5) is 0 Å². The Morgan fingerprint density at radius 1 is 1.30 bits per heavy atom. The number of carbonyl (C=O) groups is 1. The van der Waals surface area contributed by atoms with Crippen LogP contribution in [-0.4, -0.2) is 29.7 Å². The SMILES string of the molecule is CCCCCCCCNC(=O)c1nccc(OC)c1O. The van der Waals surface area contributed by atoms with Crippen LogP contribution in [0.3, 0.4) is 0 Å². The molecule has 0 aliphatic heterocycles. The summed E-state index contributed by atoms with van der Waals surface area (Å²) in [6.45, 7) is 2.79. The summed E-state index contributed by atoms with van der Waals surface area (Å²) in [5.74, 6) is -0.324. The molecule has 0 aliphatic carbocycles. The lowest BCUT2D eigenvalue weighted by molar-refractivity contribution is 0.0944. The minimum atomic E-state index is -0.366. The quantitative estimate of drug-likeness (QED) is 0.682. The first-order valence-corrected chi connectivity index (χ1v) is 7.20. The van der Waals surface area contributed by atoms with E-state index in [0.29, 0.717) is 6.54 Å². The maximum atomic E-state index is 11.9. The van der Waals surface area contributed by atoms with Crippen LogP contribution in [0.1, 0.15) is 55.9 Å². The average Bonchev–Trinajstić information content (AvgIpc) is 2.46. The van der Waals surface area contributed by atoms with Crippen LogP contribution in [0.15, 0.2) is 12.3 Å². The van der Waals surface area contributed by atoms with Crippen LogP contribution in [0.2, 0.25) is 0 Å². The van der Waals surface area contributed by atoms with Crippen LogP contribution >= 0.6 is 0 Å². The number of unbranched alkanes of at least 4 members (excludes halogenated alkanes) is 5. The monoisotopic (exact) mass is 280 g/mol. The molecular formula is C15H24N2O3. The average molecular weight is 280 g/mol. The summed E-state index contributed by atoms with van der Waals surface area (Å²) in [5.41, 5.74) is 0.00957. The Hall–Kier alpha value is -1.78. The van der Waals surface area contributed by atoms with Crippen molar-refractivity contribution < 1.29 is 14.6 Å². The molecule has 5 nitrogen and oxygen atoms in total. The zero-order chi connectivity index (χ0) is 14.8. The Balaban J connectivity index is 2.33. The molecular weight excluding hydrogens is 256 g/mol. The highest BCUT2D eigenvalue weighted by atomic mass is 16.5. The van der Waals surface area contributed by atoms with Gasteiger partial charge in [-0.2, -0.15) is 0 Å². The molecule has 1 aromatic heterocycles. The predicted molar refractivity (Wildman–Crippen MR) is 78.2 cm³/mol. The normalized spacial score (nSPS) is 10.3. The zero-order valence-electron chi connectivity index (χ0n) is 12.3. The van der Waals surface area contributed by atoms with Gasteiger partial charge in [-0.15, -0.1) is 0 Å². The first-order chi connectivity index (χ1) is 9.70. The first kappa shape index (κ1) is 16.3. The lowest BCUT2D eigenvalue weighted by Crippen LogP contribution is -2.25. The molecule has 5 heteroatoms. The summed E-state index contributed by atoms with van der Waals surface area (Å²) in [7, 11) is 1.44. The number of carbonyl (C=O) groups excluding carboxylic acids is 1. The van der Waals surface area contributed by atoms with Crippen LogP contribution in [0, 0.1) is 0 Å². The number of nitrogens with one attached hydrogen (secondary N) is 1. The van der Waals surface area contributed by atoms with Gasteiger partial charge in [-0.1, -0.05) is 39.0 Å². The zero-order valence-corrected chi connectivity index (χ0v) is 12.3. The van der Waals surface area contributed by atoms with E-state index in [4.69, 9.17) is 4.74 Å². The van der Waals surface area contributed by atoms with Gasteiger partial charge in [-0.25, -0.2) is 4.98 Å². The number of hydrogen-bond acceptors (Lipinski definition) is 4. The smallest absolute Gasteiger partial charge is 0.273 e. The first-order valence-electron chi connectivity index (χ1n) is 7.20. The summed E-state index contributed by atoms with van der Waals surface area (Å²) < 4.78 is 4.95. The molecule has 1 aromatic rings. The molecule has 112 valence electrons. The van der Waals surface area contributed by atoms with Crippen LogP contribution in [-0.2, 0) is 0 Å². The van der Waals surface area contributed by atoms with Gasteiger partial charge in [0.2, 0.25) is 0 Å². The number of nitrogens with zero attached hydrogens (tertiary/aromatic N) is 1. The van der Waals surface area contributed by atoms with Gasteiger partial charge in [0.1, 0.15) is 0 Å². The number of amides is 1. The molecule has 2 N–H and O–H groups in total. The van der Waals surface area contributed by atoms with Crippen molar-refractivity contribution in [1.82, 2.24) is 10.3 Å². The minimum absolute atomic E-state index is 0.00957. The van der Waals surface area contributed by atoms with Crippen molar-refractivity contribution in [3.8, 4) is 11.5 Å². The molecule has 1 heterocycles. The number of methoxy groups -OCH3 is 1. The third kappa shape index (κ3) is 5.07. The summed E-state index contributed by atoms with van der Waals surface area (Å²) in [4.78, 5) is 15.8. The Morgan fingerprint density at radius 2 is 2.00 bits per heavy atom. The minimum Gasteiger partial charge on any atom is -0.503 e. The summed E-state index contributed by atoms with van der Waals surface area (Å²) in [6, 6.07) is 1.51. The van der Waals surface area contributed by atoms with Gasteiger partial charge in [-0.3, -0.25) is 4.79 Å². The maximum Gasteiger partial charge on any atom is 0.273 e. The molecule has 0 radical (unpaired) electrons. The van der Waals surface area contributed by atoms with Gasteiger partial charge in [0.25, 0.3) is 5.91 Å². The summed E-state index contributed by atoms with van der Waals surface area (Å²) in [5, 5.41) is 12.6. The molecule has 0 bridgehead atoms. The van der Waals surface area contributed by atoms with E-state index in [2.05, 4.69) is 17.2 Å². The molecule has 1 amide bonds. The third-order valence-electron chi connectivity index (χ3n) is 3.14. The largest absolute Gasteiger partial charge is 0.503 e. The number of rotatable bonds is 9. The fraction of sp³-hybridized carbons (Fsp3) is 0.600. The van der Waals surface area contributed by atoms with Crippen molar-refractivity contribution in [2.24, 2.45) is 0 Å². The van der Waals surface area contributed by atoms with E-state index < -0.39 is 0 Å². The van der Waals surface area contributed by atoms with E-state index in [1.54, 1.807) is 0 Å². The number of ether oxygens (including phenoxy) is 1. The fourth-order valence-corrected chi connectivity index (χ4v) is 1.96. The topological polar surface area (TPSA) is 71.5 Å². The fourth-order valence-electron chi connectivity index (χ4n) is 1.96. The lowest BCUT2D eigenvalue weighted by atomic mass is 10.1. The van der Waals surface area contributed by atoms with Crippen molar-refractivity contribution in [2.45, 2.75) is 45.4 Å². The van der Waals surface area contributed by atoms with E-state index in [-0.39, 0.29) is 23.1 Å². The molecule has 0 atom stereocenters. The van der Waals surface area contributed by atoms with Gasteiger partial charge in [0.05, 0.1) is 7.11 Å². The molecule has 0 aliphatic rings. The second-order valence-electron chi connectivity index (χ2n) is 4.73.